The normalized spacial score (nSPS) is 15.9. The Morgan fingerprint density at radius 2 is 1.85 bits per heavy atom. The smallest absolute Gasteiger partial charge is 0.409 e. The van der Waals surface area contributed by atoms with Crippen molar-refractivity contribution in [2.45, 2.75) is 12.2 Å². The summed E-state index contributed by atoms with van der Waals surface area (Å²) in [6.07, 6.45) is -4.83. The van der Waals surface area contributed by atoms with Crippen molar-refractivity contribution in [1.29, 1.82) is 0 Å². The van der Waals surface area contributed by atoms with Crippen LogP contribution in [0.4, 0.5) is 27.6 Å². The molecule has 0 saturated carbocycles. The van der Waals surface area contributed by atoms with Crippen LogP contribution < -0.4 is 10.6 Å². The summed E-state index contributed by atoms with van der Waals surface area (Å²) in [6.45, 7) is 0. The fourth-order valence-electron chi connectivity index (χ4n) is 3.67. The summed E-state index contributed by atoms with van der Waals surface area (Å²) in [5, 5.41) is 18.4. The minimum absolute atomic E-state index is 0.157. The summed E-state index contributed by atoms with van der Waals surface area (Å²) in [5.74, 6) is -2.24. The van der Waals surface area contributed by atoms with E-state index in [-0.39, 0.29) is 32.5 Å². The molecular formula is C22H13ClF5N3O2S. The van der Waals surface area contributed by atoms with E-state index < -0.39 is 35.3 Å². The van der Waals surface area contributed by atoms with E-state index in [9.17, 15) is 31.4 Å². The van der Waals surface area contributed by atoms with E-state index in [1.807, 2.05) is 0 Å². The number of oxime groups is 1. The number of fused-ring (bicyclic) bond motifs is 1. The van der Waals surface area contributed by atoms with Crippen LogP contribution in [0.1, 0.15) is 33.9 Å². The molecule has 0 amide bonds. The van der Waals surface area contributed by atoms with Gasteiger partial charge in [0.25, 0.3) is 0 Å². The van der Waals surface area contributed by atoms with Gasteiger partial charge in [-0.25, -0.2) is 13.0 Å². The third-order valence-electron chi connectivity index (χ3n) is 5.12. The van der Waals surface area contributed by atoms with Gasteiger partial charge in [-0.2, -0.15) is 13.2 Å². The third-order valence-corrected chi connectivity index (χ3v) is 5.97. The lowest BCUT2D eigenvalue weighted by atomic mass is 9.96. The topological polar surface area (TPSA) is 73.7 Å². The minimum Gasteiger partial charge on any atom is -0.409 e. The van der Waals surface area contributed by atoms with Gasteiger partial charge in [0, 0.05) is 27.4 Å². The van der Waals surface area contributed by atoms with E-state index in [4.69, 9.17) is 11.6 Å². The van der Waals surface area contributed by atoms with Gasteiger partial charge >= 0.3 is 6.18 Å². The molecule has 3 aromatic carbocycles. The fourth-order valence-corrected chi connectivity index (χ4v) is 4.34. The second-order valence-corrected chi connectivity index (χ2v) is 8.20. The summed E-state index contributed by atoms with van der Waals surface area (Å²) in [4.78, 5) is 0.205. The van der Waals surface area contributed by atoms with Crippen LogP contribution in [0.5, 0.6) is 0 Å². The van der Waals surface area contributed by atoms with Gasteiger partial charge in [0.05, 0.1) is 11.6 Å². The highest BCUT2D eigenvalue weighted by atomic mass is 35.5. The van der Waals surface area contributed by atoms with Gasteiger partial charge in [-0.3, -0.25) is 5.32 Å². The van der Waals surface area contributed by atoms with Crippen molar-refractivity contribution in [3.05, 3.63) is 99.1 Å². The summed E-state index contributed by atoms with van der Waals surface area (Å²) >= 11 is 6.42. The standard InChI is InChI=1S/C22H13ClF5N3O2S/c23-16-5-4-12(24)9-15(16)19-18-14(21(30-19)34-33)2-1-3-17(18)29-20(31-32)10-6-11(22(26,27)28)8-13(25)7-10/h1-9,19,30,32H,(H,29,31). The molecule has 3 aromatic rings. The Kier molecular flexibility index (Phi) is 6.43. The molecule has 12 heteroatoms. The first-order valence-corrected chi connectivity index (χ1v) is 10.6. The van der Waals surface area contributed by atoms with Crippen molar-refractivity contribution in [1.82, 2.24) is 5.32 Å². The molecule has 0 aromatic heterocycles. The van der Waals surface area contributed by atoms with E-state index in [0.29, 0.717) is 28.8 Å². The van der Waals surface area contributed by atoms with Gasteiger partial charge in [0.1, 0.15) is 27.9 Å². The predicted molar refractivity (Wildman–Crippen MR) is 118 cm³/mol. The molecule has 1 unspecified atom stereocenters. The van der Waals surface area contributed by atoms with Crippen LogP contribution in [0.2, 0.25) is 5.02 Å². The average molecular weight is 514 g/mol. The van der Waals surface area contributed by atoms with Crippen LogP contribution in [-0.4, -0.2) is 20.2 Å². The molecule has 34 heavy (non-hydrogen) atoms. The first-order chi connectivity index (χ1) is 16.1. The lowest BCUT2D eigenvalue weighted by Gasteiger charge is -2.19. The number of hydrogen-bond donors (Lipinski definition) is 3. The Hall–Kier alpha value is -3.28. The molecular weight excluding hydrogens is 501 g/mol. The number of benzene rings is 3. The molecule has 0 radical (unpaired) electrons. The van der Waals surface area contributed by atoms with Crippen molar-refractivity contribution in [3.63, 3.8) is 0 Å². The molecule has 3 N–H and O–H groups in total. The number of rotatable bonds is 3. The molecule has 0 spiro atoms. The molecule has 0 fully saturated rings. The van der Waals surface area contributed by atoms with E-state index in [1.165, 1.54) is 18.2 Å². The summed E-state index contributed by atoms with van der Waals surface area (Å²) in [7, 11) is 0. The molecule has 1 aliphatic heterocycles. The van der Waals surface area contributed by atoms with Crippen LogP contribution >= 0.6 is 11.6 Å². The first-order valence-electron chi connectivity index (χ1n) is 9.51. The van der Waals surface area contributed by atoms with Crippen molar-refractivity contribution >= 4 is 39.4 Å². The lowest BCUT2D eigenvalue weighted by molar-refractivity contribution is -0.137. The van der Waals surface area contributed by atoms with Gasteiger partial charge in [-0.15, -0.1) is 0 Å². The number of anilines is 1. The monoisotopic (exact) mass is 513 g/mol. The highest BCUT2D eigenvalue weighted by Gasteiger charge is 2.34. The van der Waals surface area contributed by atoms with Crippen LogP contribution in [0.25, 0.3) is 0 Å². The van der Waals surface area contributed by atoms with Crippen molar-refractivity contribution in [3.8, 4) is 0 Å². The van der Waals surface area contributed by atoms with Crippen molar-refractivity contribution < 1.29 is 31.4 Å². The SMILES string of the molecule is O=S=C1NC(c2cc(F)ccc2Cl)c2c(N/C(=N\O)c3cc(F)cc(C(F)(F)F)c3)cccc21. The highest BCUT2D eigenvalue weighted by Crippen LogP contribution is 2.39. The highest BCUT2D eigenvalue weighted by molar-refractivity contribution is 7.67. The molecule has 0 saturated heterocycles. The zero-order valence-corrected chi connectivity index (χ0v) is 18.3. The largest absolute Gasteiger partial charge is 0.416 e. The molecule has 176 valence electrons. The molecule has 4 rings (SSSR count). The van der Waals surface area contributed by atoms with Gasteiger partial charge in [-0.05, 0) is 48.0 Å². The second kappa shape index (κ2) is 9.16. The van der Waals surface area contributed by atoms with E-state index in [1.54, 1.807) is 12.1 Å². The Labute approximate surface area is 197 Å². The molecule has 1 heterocycles. The Morgan fingerprint density at radius 3 is 2.53 bits per heavy atom. The summed E-state index contributed by atoms with van der Waals surface area (Å²) < 4.78 is 79.0. The summed E-state index contributed by atoms with van der Waals surface area (Å²) in [6, 6.07) is 9.26. The maximum atomic E-state index is 14.0. The molecule has 0 aliphatic carbocycles. The number of nitrogens with zero attached hydrogens (tertiary/aromatic N) is 1. The zero-order valence-electron chi connectivity index (χ0n) is 16.8. The van der Waals surface area contributed by atoms with Gasteiger partial charge in [0.2, 0.25) is 0 Å². The number of halogens is 6. The van der Waals surface area contributed by atoms with Gasteiger partial charge in [-0.1, -0.05) is 28.9 Å². The van der Waals surface area contributed by atoms with Crippen LogP contribution in [0.15, 0.2) is 59.8 Å². The second-order valence-electron chi connectivity index (χ2n) is 7.22. The number of amidine groups is 1. The van der Waals surface area contributed by atoms with Crippen LogP contribution in [0, 0.1) is 11.6 Å². The number of alkyl halides is 3. The molecule has 1 atom stereocenters. The maximum absolute atomic E-state index is 14.0. The van der Waals surface area contributed by atoms with Crippen LogP contribution in [-0.2, 0) is 17.4 Å². The van der Waals surface area contributed by atoms with Crippen molar-refractivity contribution in [2.75, 3.05) is 5.32 Å². The fraction of sp³-hybridized carbons (Fsp3) is 0.0909. The Bertz CT molecular complexity index is 1370. The maximum Gasteiger partial charge on any atom is 0.416 e. The minimum atomic E-state index is -4.83. The zero-order chi connectivity index (χ0) is 24.6. The van der Waals surface area contributed by atoms with Crippen molar-refractivity contribution in [2.24, 2.45) is 5.16 Å². The van der Waals surface area contributed by atoms with Crippen LogP contribution in [0.3, 0.4) is 0 Å². The number of nitrogens with one attached hydrogen (secondary N) is 2. The third kappa shape index (κ3) is 4.54. The Morgan fingerprint density at radius 1 is 1.09 bits per heavy atom. The summed E-state index contributed by atoms with van der Waals surface area (Å²) in [5.41, 5.74) is -0.294. The Balaban J connectivity index is 1.82. The first kappa shape index (κ1) is 23.9. The quantitative estimate of drug-likeness (QED) is 0.111. The molecule has 0 bridgehead atoms. The van der Waals surface area contributed by atoms with E-state index in [0.717, 1.165) is 12.1 Å². The molecule has 5 nitrogen and oxygen atoms in total. The molecule has 1 aliphatic rings. The number of hydrogen-bond acceptors (Lipinski definition) is 3. The predicted octanol–water partition coefficient (Wildman–Crippen LogP) is 5.27. The van der Waals surface area contributed by atoms with E-state index >= 15 is 0 Å². The average Bonchev–Trinajstić information content (AvgIpc) is 3.17. The van der Waals surface area contributed by atoms with Gasteiger partial charge < -0.3 is 10.5 Å². The van der Waals surface area contributed by atoms with E-state index in [2.05, 4.69) is 15.8 Å². The van der Waals surface area contributed by atoms with Gasteiger partial charge in [0.15, 0.2) is 5.84 Å². The lowest BCUT2D eigenvalue weighted by Crippen LogP contribution is -2.22.